The highest BCUT2D eigenvalue weighted by Gasteiger charge is 2.13. The van der Waals surface area contributed by atoms with E-state index >= 15 is 0 Å². The zero-order valence-corrected chi connectivity index (χ0v) is 7.46. The molecule has 3 nitrogen and oxygen atoms in total. The fourth-order valence-corrected chi connectivity index (χ4v) is 1.63. The van der Waals surface area contributed by atoms with Crippen LogP contribution < -0.4 is 10.6 Å². The van der Waals surface area contributed by atoms with Crippen LogP contribution in [0.3, 0.4) is 0 Å². The Hall–Kier alpha value is -1.06. The first-order chi connectivity index (χ1) is 6.36. The SMILES string of the molecule is Oc1cccc([C@@H]2CNCCN2)c1. The van der Waals surface area contributed by atoms with Gasteiger partial charge in [-0.2, -0.15) is 0 Å². The van der Waals surface area contributed by atoms with Crippen LogP contribution in [-0.4, -0.2) is 24.7 Å². The van der Waals surface area contributed by atoms with E-state index in [1.165, 1.54) is 0 Å². The fourth-order valence-electron chi connectivity index (χ4n) is 1.63. The van der Waals surface area contributed by atoms with Crippen molar-refractivity contribution >= 4 is 0 Å². The summed E-state index contributed by atoms with van der Waals surface area (Å²) in [6, 6.07) is 7.75. The van der Waals surface area contributed by atoms with Gasteiger partial charge in [0.1, 0.15) is 5.75 Å². The van der Waals surface area contributed by atoms with Crippen LogP contribution in [0.5, 0.6) is 5.75 Å². The van der Waals surface area contributed by atoms with E-state index < -0.39 is 0 Å². The summed E-state index contributed by atoms with van der Waals surface area (Å²) in [5.41, 5.74) is 1.15. The van der Waals surface area contributed by atoms with Crippen molar-refractivity contribution in [2.75, 3.05) is 19.6 Å². The Balaban J connectivity index is 2.14. The normalized spacial score (nSPS) is 22.9. The Morgan fingerprint density at radius 3 is 2.92 bits per heavy atom. The number of phenolic OH excluding ortho intramolecular Hbond substituents is 1. The molecule has 1 aromatic carbocycles. The maximum atomic E-state index is 9.30. The lowest BCUT2D eigenvalue weighted by Gasteiger charge is -2.24. The smallest absolute Gasteiger partial charge is 0.115 e. The molecule has 1 atom stereocenters. The highest BCUT2D eigenvalue weighted by Crippen LogP contribution is 2.18. The van der Waals surface area contributed by atoms with Gasteiger partial charge in [0.2, 0.25) is 0 Å². The molecule has 3 N–H and O–H groups in total. The summed E-state index contributed by atoms with van der Waals surface area (Å²) >= 11 is 0. The van der Waals surface area contributed by atoms with Gasteiger partial charge in [-0.05, 0) is 17.7 Å². The number of piperazine rings is 1. The quantitative estimate of drug-likeness (QED) is 0.591. The van der Waals surface area contributed by atoms with Gasteiger partial charge >= 0.3 is 0 Å². The maximum Gasteiger partial charge on any atom is 0.115 e. The third-order valence-corrected chi connectivity index (χ3v) is 2.31. The van der Waals surface area contributed by atoms with E-state index in [9.17, 15) is 5.11 Å². The van der Waals surface area contributed by atoms with Crippen LogP contribution >= 0.6 is 0 Å². The summed E-state index contributed by atoms with van der Waals surface area (Å²) in [4.78, 5) is 0. The van der Waals surface area contributed by atoms with Crippen molar-refractivity contribution in [1.29, 1.82) is 0 Å². The molecule has 1 aliphatic rings. The molecule has 1 heterocycles. The molecule has 0 spiro atoms. The molecule has 13 heavy (non-hydrogen) atoms. The molecule has 0 unspecified atom stereocenters. The number of aromatic hydroxyl groups is 1. The highest BCUT2D eigenvalue weighted by atomic mass is 16.3. The monoisotopic (exact) mass is 178 g/mol. The molecule has 1 aromatic rings. The number of benzene rings is 1. The fraction of sp³-hybridized carbons (Fsp3) is 0.400. The first-order valence-electron chi connectivity index (χ1n) is 4.59. The number of phenols is 1. The van der Waals surface area contributed by atoms with E-state index in [0.717, 1.165) is 25.2 Å². The summed E-state index contributed by atoms with van der Waals surface area (Å²) in [6.45, 7) is 2.94. The van der Waals surface area contributed by atoms with E-state index in [4.69, 9.17) is 0 Å². The number of hydrogen-bond donors (Lipinski definition) is 3. The minimum atomic E-state index is 0.334. The lowest BCUT2D eigenvalue weighted by molar-refractivity contribution is 0.426. The lowest BCUT2D eigenvalue weighted by Crippen LogP contribution is -2.42. The minimum Gasteiger partial charge on any atom is -0.508 e. The van der Waals surface area contributed by atoms with Crippen LogP contribution in [0.25, 0.3) is 0 Å². The second-order valence-electron chi connectivity index (χ2n) is 3.31. The van der Waals surface area contributed by atoms with Gasteiger partial charge in [-0.25, -0.2) is 0 Å². The molecule has 1 saturated heterocycles. The minimum absolute atomic E-state index is 0.334. The van der Waals surface area contributed by atoms with Gasteiger partial charge in [-0.15, -0.1) is 0 Å². The van der Waals surface area contributed by atoms with E-state index in [0.29, 0.717) is 11.8 Å². The molecule has 0 radical (unpaired) electrons. The first kappa shape index (κ1) is 8.53. The van der Waals surface area contributed by atoms with Crippen molar-refractivity contribution in [3.05, 3.63) is 29.8 Å². The Labute approximate surface area is 77.8 Å². The number of rotatable bonds is 1. The van der Waals surface area contributed by atoms with Crippen molar-refractivity contribution in [2.24, 2.45) is 0 Å². The topological polar surface area (TPSA) is 44.3 Å². The predicted octanol–water partition coefficient (Wildman–Crippen LogP) is 0.626. The Morgan fingerprint density at radius 2 is 2.23 bits per heavy atom. The van der Waals surface area contributed by atoms with Crippen molar-refractivity contribution in [2.45, 2.75) is 6.04 Å². The lowest BCUT2D eigenvalue weighted by atomic mass is 10.1. The van der Waals surface area contributed by atoms with Gasteiger partial charge in [0.15, 0.2) is 0 Å². The molecule has 0 aliphatic carbocycles. The van der Waals surface area contributed by atoms with Gasteiger partial charge in [-0.1, -0.05) is 12.1 Å². The van der Waals surface area contributed by atoms with E-state index in [1.54, 1.807) is 6.07 Å². The van der Waals surface area contributed by atoms with Gasteiger partial charge in [-0.3, -0.25) is 0 Å². The summed E-state index contributed by atoms with van der Waals surface area (Å²) in [6.07, 6.45) is 0. The zero-order valence-electron chi connectivity index (χ0n) is 7.46. The van der Waals surface area contributed by atoms with Gasteiger partial charge in [0, 0.05) is 25.7 Å². The third-order valence-electron chi connectivity index (χ3n) is 2.31. The van der Waals surface area contributed by atoms with Crippen LogP contribution in [0.1, 0.15) is 11.6 Å². The second-order valence-corrected chi connectivity index (χ2v) is 3.31. The average molecular weight is 178 g/mol. The van der Waals surface area contributed by atoms with Gasteiger partial charge < -0.3 is 15.7 Å². The summed E-state index contributed by atoms with van der Waals surface area (Å²) in [7, 11) is 0. The predicted molar refractivity (Wildman–Crippen MR) is 51.7 cm³/mol. The summed E-state index contributed by atoms with van der Waals surface area (Å²) in [5, 5.41) is 16.0. The molecule has 70 valence electrons. The van der Waals surface area contributed by atoms with Crippen molar-refractivity contribution in [1.82, 2.24) is 10.6 Å². The molecule has 0 amide bonds. The van der Waals surface area contributed by atoms with Gasteiger partial charge in [0.25, 0.3) is 0 Å². The van der Waals surface area contributed by atoms with E-state index in [1.807, 2.05) is 18.2 Å². The maximum absolute atomic E-state index is 9.30. The van der Waals surface area contributed by atoms with Crippen LogP contribution in [0.15, 0.2) is 24.3 Å². The first-order valence-corrected chi connectivity index (χ1v) is 4.59. The van der Waals surface area contributed by atoms with Crippen molar-refractivity contribution in [3.63, 3.8) is 0 Å². The van der Waals surface area contributed by atoms with Crippen LogP contribution in [0.2, 0.25) is 0 Å². The van der Waals surface area contributed by atoms with E-state index in [2.05, 4.69) is 10.6 Å². The third kappa shape index (κ3) is 1.99. The van der Waals surface area contributed by atoms with Gasteiger partial charge in [0.05, 0.1) is 0 Å². The molecule has 1 fully saturated rings. The van der Waals surface area contributed by atoms with Crippen LogP contribution in [0.4, 0.5) is 0 Å². The highest BCUT2D eigenvalue weighted by molar-refractivity contribution is 5.29. The van der Waals surface area contributed by atoms with Crippen molar-refractivity contribution < 1.29 is 5.11 Å². The van der Waals surface area contributed by atoms with Crippen LogP contribution in [-0.2, 0) is 0 Å². The van der Waals surface area contributed by atoms with Crippen LogP contribution in [0, 0.1) is 0 Å². The number of nitrogens with one attached hydrogen (secondary N) is 2. The summed E-state index contributed by atoms with van der Waals surface area (Å²) < 4.78 is 0. The largest absolute Gasteiger partial charge is 0.508 e. The Kier molecular flexibility index (Phi) is 2.47. The van der Waals surface area contributed by atoms with E-state index in [-0.39, 0.29) is 0 Å². The molecule has 0 bridgehead atoms. The second kappa shape index (κ2) is 3.77. The Bertz CT molecular complexity index is 282. The molecule has 3 heteroatoms. The summed E-state index contributed by atoms with van der Waals surface area (Å²) in [5.74, 6) is 0.338. The molecular formula is C10H14N2O. The Morgan fingerprint density at radius 1 is 1.31 bits per heavy atom. The molecule has 2 rings (SSSR count). The average Bonchev–Trinajstić information content (AvgIpc) is 2.19. The van der Waals surface area contributed by atoms with Crippen molar-refractivity contribution in [3.8, 4) is 5.75 Å². The molecular weight excluding hydrogens is 164 g/mol. The standard InChI is InChI=1S/C10H14N2O/c13-9-3-1-2-8(6-9)10-7-11-4-5-12-10/h1-3,6,10-13H,4-5,7H2/t10-/m0/s1. The molecule has 0 saturated carbocycles. The number of hydrogen-bond acceptors (Lipinski definition) is 3. The molecule has 1 aliphatic heterocycles. The molecule has 0 aromatic heterocycles. The zero-order chi connectivity index (χ0) is 9.10.